The van der Waals surface area contributed by atoms with Gasteiger partial charge in [-0.1, -0.05) is 28.1 Å². The van der Waals surface area contributed by atoms with Gasteiger partial charge in [0.1, 0.15) is 22.8 Å². The van der Waals surface area contributed by atoms with Crippen LogP contribution >= 0.6 is 28.3 Å². The van der Waals surface area contributed by atoms with Crippen LogP contribution in [0.3, 0.4) is 0 Å². The zero-order chi connectivity index (χ0) is 30.7. The molecular formula is C29H35BrClNO11. The predicted octanol–water partition coefficient (Wildman–Crippen LogP) is 2.25. The highest BCUT2D eigenvalue weighted by atomic mass is 79.9. The van der Waals surface area contributed by atoms with Gasteiger partial charge >= 0.3 is 0 Å². The lowest BCUT2D eigenvalue weighted by Gasteiger charge is -2.49. The number of benzene rings is 2. The number of carbonyl (C=O) groups is 2. The van der Waals surface area contributed by atoms with Crippen LogP contribution in [0, 0.1) is 0 Å². The van der Waals surface area contributed by atoms with Gasteiger partial charge in [-0.25, -0.2) is 0 Å². The lowest BCUT2D eigenvalue weighted by atomic mass is 9.70. The third kappa shape index (κ3) is 5.04. The Hall–Kier alpha value is -2.33. The van der Waals surface area contributed by atoms with Gasteiger partial charge in [0.25, 0.3) is 0 Å². The average Bonchev–Trinajstić information content (AvgIpc) is 2.96. The van der Waals surface area contributed by atoms with Crippen LogP contribution in [0.5, 0.6) is 17.2 Å². The number of aromatic hydroxyl groups is 2. The van der Waals surface area contributed by atoms with Crippen molar-refractivity contribution in [2.24, 2.45) is 5.73 Å². The molecule has 43 heavy (non-hydrogen) atoms. The first-order valence-electron chi connectivity index (χ1n) is 13.4. The molecular weight excluding hydrogens is 654 g/mol. The van der Waals surface area contributed by atoms with Crippen molar-refractivity contribution < 1.29 is 53.7 Å². The van der Waals surface area contributed by atoms with Crippen molar-refractivity contribution in [1.82, 2.24) is 0 Å². The van der Waals surface area contributed by atoms with Crippen molar-refractivity contribution in [3.8, 4) is 17.2 Å². The average molecular weight is 689 g/mol. The number of aliphatic hydroxyl groups excluding tert-OH is 1. The van der Waals surface area contributed by atoms with Crippen LogP contribution in [0.1, 0.15) is 68.8 Å². The van der Waals surface area contributed by atoms with Crippen LogP contribution < -0.4 is 10.5 Å². The number of methoxy groups -OCH3 is 3. The zero-order valence-electron chi connectivity index (χ0n) is 24.0. The van der Waals surface area contributed by atoms with Gasteiger partial charge in [-0.3, -0.25) is 9.59 Å². The Morgan fingerprint density at radius 2 is 1.74 bits per heavy atom. The fourth-order valence-electron chi connectivity index (χ4n) is 6.38. The second kappa shape index (κ2) is 12.2. The Bertz CT molecular complexity index is 1410. The van der Waals surface area contributed by atoms with E-state index in [0.29, 0.717) is 0 Å². The molecule has 2 aliphatic carbocycles. The Morgan fingerprint density at radius 1 is 1.09 bits per heavy atom. The summed E-state index contributed by atoms with van der Waals surface area (Å²) in [4.78, 5) is 27.5. The van der Waals surface area contributed by atoms with E-state index in [1.54, 1.807) is 13.0 Å². The molecule has 1 aliphatic heterocycles. The van der Waals surface area contributed by atoms with E-state index in [-0.39, 0.29) is 65.0 Å². The molecule has 0 spiro atoms. The number of halogens is 2. The van der Waals surface area contributed by atoms with Crippen LogP contribution in [0.4, 0.5) is 0 Å². The topological polar surface area (TPSA) is 187 Å². The van der Waals surface area contributed by atoms with Gasteiger partial charge in [0, 0.05) is 56.2 Å². The SMILES string of the molecule is COc1cccc2c1C(=O)c1c(O)c3c(c(O)c1C2=O)C[C@@](O)(C(CBr)(OC)OC)C[C@@H]3O[C@H]1C[C@H](N)[C@H](O)[C@H](C)O1.Cl. The van der Waals surface area contributed by atoms with Gasteiger partial charge < -0.3 is 49.8 Å². The molecule has 6 N–H and O–H groups in total. The number of hydrogen-bond donors (Lipinski definition) is 5. The summed E-state index contributed by atoms with van der Waals surface area (Å²) >= 11 is 3.34. The molecule has 0 saturated carbocycles. The minimum atomic E-state index is -1.89. The van der Waals surface area contributed by atoms with Crippen molar-refractivity contribution in [1.29, 1.82) is 0 Å². The Labute approximate surface area is 262 Å². The highest BCUT2D eigenvalue weighted by Crippen LogP contribution is 2.54. The number of alkyl halides is 1. The molecule has 0 aromatic heterocycles. The van der Waals surface area contributed by atoms with Crippen LogP contribution in [0.2, 0.25) is 0 Å². The van der Waals surface area contributed by atoms with Crippen molar-refractivity contribution in [2.75, 3.05) is 26.7 Å². The maximum atomic E-state index is 13.8. The third-order valence-electron chi connectivity index (χ3n) is 8.69. The van der Waals surface area contributed by atoms with Gasteiger partial charge in [0.05, 0.1) is 47.4 Å². The van der Waals surface area contributed by atoms with E-state index >= 15 is 0 Å². The van der Waals surface area contributed by atoms with Gasteiger partial charge in [-0.05, 0) is 13.0 Å². The van der Waals surface area contributed by atoms with Gasteiger partial charge in [-0.2, -0.15) is 0 Å². The summed E-state index contributed by atoms with van der Waals surface area (Å²) in [7, 11) is 4.04. The first-order chi connectivity index (χ1) is 19.9. The van der Waals surface area contributed by atoms with Crippen LogP contribution in [-0.4, -0.2) is 94.6 Å². The fraction of sp³-hybridized carbons (Fsp3) is 0.517. The molecule has 0 radical (unpaired) electrons. The number of nitrogens with two attached hydrogens (primary N) is 1. The van der Waals surface area contributed by atoms with E-state index in [1.807, 2.05) is 0 Å². The second-order valence-corrected chi connectivity index (χ2v) is 11.4. The summed E-state index contributed by atoms with van der Waals surface area (Å²) in [6.07, 6.45) is -4.33. The molecule has 14 heteroatoms. The number of aliphatic hydroxyl groups is 2. The van der Waals surface area contributed by atoms with Crippen LogP contribution in [-0.2, 0) is 25.4 Å². The summed E-state index contributed by atoms with van der Waals surface area (Å²) in [6.45, 7) is 1.63. The number of hydrogen-bond acceptors (Lipinski definition) is 12. The van der Waals surface area contributed by atoms with E-state index in [0.717, 1.165) is 0 Å². The van der Waals surface area contributed by atoms with Gasteiger partial charge in [0.2, 0.25) is 11.6 Å². The molecule has 1 saturated heterocycles. The molecule has 3 aliphatic rings. The highest BCUT2D eigenvalue weighted by Gasteiger charge is 2.57. The molecule has 2 aromatic carbocycles. The van der Waals surface area contributed by atoms with Gasteiger partial charge in [-0.15, -0.1) is 12.4 Å². The minimum absolute atomic E-state index is 0. The molecule has 0 bridgehead atoms. The van der Waals surface area contributed by atoms with Crippen molar-refractivity contribution >= 4 is 39.9 Å². The number of rotatable bonds is 7. The first-order valence-corrected chi connectivity index (χ1v) is 14.5. The van der Waals surface area contributed by atoms with E-state index in [9.17, 15) is 30.0 Å². The second-order valence-electron chi connectivity index (χ2n) is 10.9. The number of ether oxygens (including phenoxy) is 5. The highest BCUT2D eigenvalue weighted by molar-refractivity contribution is 9.09. The van der Waals surface area contributed by atoms with E-state index in [1.165, 1.54) is 33.5 Å². The maximum absolute atomic E-state index is 13.8. The predicted molar refractivity (Wildman–Crippen MR) is 157 cm³/mol. The summed E-state index contributed by atoms with van der Waals surface area (Å²) in [6, 6.07) is 3.81. The molecule has 0 unspecified atom stereocenters. The van der Waals surface area contributed by atoms with E-state index in [2.05, 4.69) is 15.9 Å². The normalized spacial score (nSPS) is 28.4. The number of phenolic OH excluding ortho intramolecular Hbond substituents is 2. The first kappa shape index (κ1) is 33.6. The molecule has 0 amide bonds. The fourth-order valence-corrected chi connectivity index (χ4v) is 7.36. The lowest BCUT2D eigenvalue weighted by Crippen LogP contribution is -2.61. The number of ketones is 2. The standard InChI is InChI=1S/C29H34BrNO11.ClH/c1-12-23(32)15(31)8-18(41-12)42-17-10-28(37,29(11-30,39-3)40-4)9-14-20(17)27(36)22-21(25(14)34)24(33)13-6-5-7-16(38-2)19(13)26(22)35;/h5-7,12,15,17-18,23,32,34,36-37H,8-11,31H2,1-4H3;1H/t12-,15-,17-,18-,23+,28-;/m0./s1. The van der Waals surface area contributed by atoms with Crippen molar-refractivity contribution in [3.63, 3.8) is 0 Å². The quantitative estimate of drug-likeness (QED) is 0.139. The summed E-state index contributed by atoms with van der Waals surface area (Å²) in [5.74, 6) is -4.10. The molecule has 1 fully saturated rings. The molecule has 12 nitrogen and oxygen atoms in total. The van der Waals surface area contributed by atoms with E-state index in [4.69, 9.17) is 29.4 Å². The largest absolute Gasteiger partial charge is 0.507 e. The summed E-state index contributed by atoms with van der Waals surface area (Å²) in [5.41, 5.74) is 3.36. The van der Waals surface area contributed by atoms with Crippen LogP contribution in [0.25, 0.3) is 0 Å². The van der Waals surface area contributed by atoms with Gasteiger partial charge in [0.15, 0.2) is 12.1 Å². The Balaban J connectivity index is 0.00000423. The monoisotopic (exact) mass is 687 g/mol. The summed E-state index contributed by atoms with van der Waals surface area (Å²) < 4.78 is 28.7. The molecule has 2 aromatic rings. The molecule has 5 rings (SSSR count). The molecule has 6 atom stereocenters. The van der Waals surface area contributed by atoms with Crippen molar-refractivity contribution in [2.45, 2.75) is 68.2 Å². The van der Waals surface area contributed by atoms with E-state index < -0.39 is 76.2 Å². The summed E-state index contributed by atoms with van der Waals surface area (Å²) in [5, 5.41) is 45.7. The number of phenols is 2. The number of fused-ring (bicyclic) bond motifs is 3. The van der Waals surface area contributed by atoms with Crippen molar-refractivity contribution in [3.05, 3.63) is 51.6 Å². The zero-order valence-corrected chi connectivity index (χ0v) is 26.4. The molecule has 1 heterocycles. The minimum Gasteiger partial charge on any atom is -0.507 e. The smallest absolute Gasteiger partial charge is 0.207 e. The Kier molecular flexibility index (Phi) is 9.54. The van der Waals surface area contributed by atoms with Crippen LogP contribution in [0.15, 0.2) is 18.2 Å². The maximum Gasteiger partial charge on any atom is 0.207 e. The molecule has 236 valence electrons. The third-order valence-corrected chi connectivity index (χ3v) is 9.43. The Morgan fingerprint density at radius 3 is 2.33 bits per heavy atom. The lowest BCUT2D eigenvalue weighted by molar-refractivity contribution is -0.306. The number of carbonyl (C=O) groups excluding carboxylic acids is 2.